The Morgan fingerprint density at radius 1 is 0.830 bits per heavy atom. The third kappa shape index (κ3) is 10.5. The highest BCUT2D eigenvalue weighted by Gasteiger charge is 2.20. The maximum Gasteiger partial charge on any atom is 0.326 e. The molecule has 2 amide bonds. The van der Waals surface area contributed by atoms with Gasteiger partial charge in [-0.25, -0.2) is 14.8 Å². The van der Waals surface area contributed by atoms with Crippen molar-refractivity contribution in [1.82, 2.24) is 30.9 Å². The van der Waals surface area contributed by atoms with Crippen molar-refractivity contribution in [3.63, 3.8) is 0 Å². The van der Waals surface area contributed by atoms with Crippen LogP contribution in [-0.4, -0.2) is 56.4 Å². The van der Waals surface area contributed by atoms with Crippen LogP contribution in [0.25, 0.3) is 11.1 Å². The maximum atomic E-state index is 12.5. The van der Waals surface area contributed by atoms with Crippen molar-refractivity contribution in [3.05, 3.63) is 101 Å². The van der Waals surface area contributed by atoms with E-state index in [4.69, 9.17) is 28.5 Å². The lowest BCUT2D eigenvalue weighted by atomic mass is 9.99. The molecule has 0 aliphatic carbocycles. The van der Waals surface area contributed by atoms with Crippen LogP contribution >= 0.6 is 11.6 Å². The van der Waals surface area contributed by atoms with Gasteiger partial charge in [0, 0.05) is 31.8 Å². The number of nitrogens with two attached hydrogens (primary N) is 2. The van der Waals surface area contributed by atoms with Crippen molar-refractivity contribution in [2.24, 2.45) is 0 Å². The van der Waals surface area contributed by atoms with E-state index in [1.807, 2.05) is 24.3 Å². The lowest BCUT2D eigenvalue weighted by molar-refractivity contribution is -0.141. The van der Waals surface area contributed by atoms with Crippen molar-refractivity contribution in [1.29, 1.82) is 5.41 Å². The first kappa shape index (κ1) is 34.3. The standard InChI is InChI=1S/C33H36ClN9O4/c34-28-30(36)42-29(35)27(41-28)31(45)43-33(37)39-16-2-1-3-20-4-9-23(10-5-20)24-11-6-21(7-12-24)8-13-26(44)40-25(32(46)47)19-22-14-17-38-18-15-22/h4-7,9-12,14-15,17-18,25H,1-3,8,13,16,19H2,(H,40,44)(H,46,47)(H4,35,36,42)(H3,37,39,43,45). The number of carbonyl (C=O) groups is 3. The molecule has 0 saturated carbocycles. The van der Waals surface area contributed by atoms with Gasteiger partial charge in [-0.3, -0.25) is 25.3 Å². The number of aromatic nitrogens is 3. The zero-order valence-corrected chi connectivity index (χ0v) is 26.3. The highest BCUT2D eigenvalue weighted by molar-refractivity contribution is 6.31. The molecule has 0 aliphatic heterocycles. The van der Waals surface area contributed by atoms with Gasteiger partial charge < -0.3 is 27.2 Å². The summed E-state index contributed by atoms with van der Waals surface area (Å²) in [6, 6.07) is 18.7. The molecular formula is C33H36ClN9O4. The number of rotatable bonds is 14. The number of nitrogen functional groups attached to an aromatic ring is 2. The Kier molecular flexibility index (Phi) is 12.2. The molecule has 0 radical (unpaired) electrons. The van der Waals surface area contributed by atoms with Gasteiger partial charge in [0.25, 0.3) is 5.91 Å². The second-order valence-corrected chi connectivity index (χ2v) is 11.1. The zero-order chi connectivity index (χ0) is 33.8. The third-order valence-corrected chi connectivity index (χ3v) is 7.54. The van der Waals surface area contributed by atoms with E-state index in [1.54, 1.807) is 24.5 Å². The fourth-order valence-corrected chi connectivity index (χ4v) is 4.83. The van der Waals surface area contributed by atoms with Gasteiger partial charge in [0.2, 0.25) is 5.91 Å². The Morgan fingerprint density at radius 2 is 1.45 bits per heavy atom. The molecule has 244 valence electrons. The maximum absolute atomic E-state index is 12.5. The van der Waals surface area contributed by atoms with Crippen LogP contribution in [-0.2, 0) is 28.9 Å². The van der Waals surface area contributed by atoms with Gasteiger partial charge in [-0.15, -0.1) is 0 Å². The first-order valence-electron chi connectivity index (χ1n) is 14.9. The summed E-state index contributed by atoms with van der Waals surface area (Å²) >= 11 is 5.81. The fourth-order valence-electron chi connectivity index (χ4n) is 4.70. The molecule has 0 bridgehead atoms. The number of carboxylic acid groups (broad SMARTS) is 1. The number of nitrogens with one attached hydrogen (secondary N) is 4. The van der Waals surface area contributed by atoms with Crippen molar-refractivity contribution >= 4 is 47.0 Å². The number of benzene rings is 2. The second kappa shape index (κ2) is 16.7. The van der Waals surface area contributed by atoms with Crippen molar-refractivity contribution in [2.75, 3.05) is 18.0 Å². The topological polar surface area (TPSA) is 222 Å². The summed E-state index contributed by atoms with van der Waals surface area (Å²) in [5.41, 5.74) is 16.0. The average Bonchev–Trinajstić information content (AvgIpc) is 3.06. The number of halogens is 1. The van der Waals surface area contributed by atoms with Crippen LogP contribution in [0.2, 0.25) is 5.15 Å². The van der Waals surface area contributed by atoms with E-state index in [0.29, 0.717) is 13.0 Å². The van der Waals surface area contributed by atoms with E-state index >= 15 is 0 Å². The number of aliphatic carboxylic acids is 1. The molecule has 14 heteroatoms. The number of hydrogen-bond donors (Lipinski definition) is 7. The van der Waals surface area contributed by atoms with E-state index < -0.39 is 17.9 Å². The monoisotopic (exact) mass is 657 g/mol. The van der Waals surface area contributed by atoms with Crippen LogP contribution in [0.5, 0.6) is 0 Å². The normalized spacial score (nSPS) is 11.3. The molecule has 2 heterocycles. The Balaban J connectivity index is 1.15. The number of nitrogens with zero attached hydrogens (tertiary/aromatic N) is 3. The van der Waals surface area contributed by atoms with Crippen molar-refractivity contribution in [3.8, 4) is 11.1 Å². The minimum absolute atomic E-state index is 0.0816. The number of pyridine rings is 1. The Hall–Kier alpha value is -5.56. The zero-order valence-electron chi connectivity index (χ0n) is 25.5. The van der Waals surface area contributed by atoms with Crippen LogP contribution in [0.4, 0.5) is 11.6 Å². The molecule has 9 N–H and O–H groups in total. The number of amides is 2. The van der Waals surface area contributed by atoms with Crippen molar-refractivity contribution < 1.29 is 19.5 Å². The minimum atomic E-state index is -1.08. The number of anilines is 2. The Labute approximate surface area is 276 Å². The minimum Gasteiger partial charge on any atom is -0.480 e. The highest BCUT2D eigenvalue weighted by atomic mass is 35.5. The van der Waals surface area contributed by atoms with E-state index in [9.17, 15) is 19.5 Å². The molecule has 0 saturated heterocycles. The van der Waals surface area contributed by atoms with E-state index in [2.05, 4.69) is 55.2 Å². The summed E-state index contributed by atoms with van der Waals surface area (Å²) in [6.45, 7) is 0.487. The molecule has 0 fully saturated rings. The molecular weight excluding hydrogens is 622 g/mol. The largest absolute Gasteiger partial charge is 0.480 e. The van der Waals surface area contributed by atoms with Crippen molar-refractivity contribution in [2.45, 2.75) is 44.6 Å². The summed E-state index contributed by atoms with van der Waals surface area (Å²) in [7, 11) is 0. The predicted octanol–water partition coefficient (Wildman–Crippen LogP) is 3.38. The lowest BCUT2D eigenvalue weighted by Gasteiger charge is -2.14. The molecule has 2 aromatic heterocycles. The van der Waals surface area contributed by atoms with E-state index in [-0.39, 0.29) is 47.2 Å². The molecule has 0 spiro atoms. The molecule has 13 nitrogen and oxygen atoms in total. The van der Waals surface area contributed by atoms with Gasteiger partial charge in [-0.2, -0.15) is 0 Å². The molecule has 4 rings (SSSR count). The van der Waals surface area contributed by atoms with Gasteiger partial charge in [0.15, 0.2) is 28.4 Å². The number of unbranched alkanes of at least 4 members (excludes halogenated alkanes) is 1. The molecule has 4 aromatic rings. The molecule has 0 aliphatic rings. The quantitative estimate of drug-likeness (QED) is 0.0595. The summed E-state index contributed by atoms with van der Waals surface area (Å²) in [5.74, 6) is -2.55. The number of aryl methyl sites for hydroxylation is 2. The fraction of sp³-hybridized carbons (Fsp3) is 0.242. The molecule has 1 atom stereocenters. The van der Waals surface area contributed by atoms with E-state index in [1.165, 1.54) is 5.56 Å². The van der Waals surface area contributed by atoms with Crippen LogP contribution < -0.4 is 27.4 Å². The van der Waals surface area contributed by atoms with Crippen LogP contribution in [0.3, 0.4) is 0 Å². The third-order valence-electron chi connectivity index (χ3n) is 7.26. The smallest absolute Gasteiger partial charge is 0.326 e. The number of carboxylic acids is 1. The van der Waals surface area contributed by atoms with Gasteiger partial charge in [0.05, 0.1) is 0 Å². The molecule has 47 heavy (non-hydrogen) atoms. The Morgan fingerprint density at radius 3 is 2.06 bits per heavy atom. The Bertz CT molecular complexity index is 1700. The summed E-state index contributed by atoms with van der Waals surface area (Å²) < 4.78 is 0. The summed E-state index contributed by atoms with van der Waals surface area (Å²) in [4.78, 5) is 47.9. The van der Waals surface area contributed by atoms with Gasteiger partial charge in [0.1, 0.15) is 6.04 Å². The lowest BCUT2D eigenvalue weighted by Crippen LogP contribution is -2.42. The van der Waals surface area contributed by atoms with Crippen LogP contribution in [0, 0.1) is 5.41 Å². The first-order chi connectivity index (χ1) is 22.6. The highest BCUT2D eigenvalue weighted by Crippen LogP contribution is 2.22. The summed E-state index contributed by atoms with van der Waals surface area (Å²) in [5, 5.41) is 25.1. The van der Waals surface area contributed by atoms with Gasteiger partial charge >= 0.3 is 5.97 Å². The number of guanidine groups is 1. The molecule has 1 unspecified atom stereocenters. The molecule has 2 aromatic carbocycles. The average molecular weight is 658 g/mol. The number of hydrogen-bond acceptors (Lipinski definition) is 9. The SMILES string of the molecule is N=C(NCCCCc1ccc(-c2ccc(CCC(=O)NC(Cc3ccncc3)C(=O)O)cc2)cc1)NC(=O)c1nc(Cl)c(N)nc1N. The predicted molar refractivity (Wildman–Crippen MR) is 180 cm³/mol. The van der Waals surface area contributed by atoms with Crippen LogP contribution in [0.15, 0.2) is 73.1 Å². The van der Waals surface area contributed by atoms with Gasteiger partial charge in [-0.1, -0.05) is 60.1 Å². The van der Waals surface area contributed by atoms with Crippen LogP contribution in [0.1, 0.15) is 46.4 Å². The summed E-state index contributed by atoms with van der Waals surface area (Å²) in [6.07, 6.45) is 6.55. The number of carbonyl (C=O) groups excluding carboxylic acids is 2. The second-order valence-electron chi connectivity index (χ2n) is 10.8. The van der Waals surface area contributed by atoms with Gasteiger partial charge in [-0.05, 0) is 65.6 Å². The first-order valence-corrected chi connectivity index (χ1v) is 15.3. The van der Waals surface area contributed by atoms with E-state index in [0.717, 1.165) is 41.5 Å².